The van der Waals surface area contributed by atoms with Crippen molar-refractivity contribution in [2.75, 3.05) is 12.4 Å². The number of carbonyl (C=O) groups excluding carboxylic acids is 1. The Morgan fingerprint density at radius 1 is 1.31 bits per heavy atom. The third kappa shape index (κ3) is 3.94. The molecule has 0 aliphatic heterocycles. The van der Waals surface area contributed by atoms with Crippen LogP contribution in [0.25, 0.3) is 10.2 Å². The Morgan fingerprint density at radius 3 is 2.73 bits per heavy atom. The second kappa shape index (κ2) is 6.67. The van der Waals surface area contributed by atoms with Gasteiger partial charge in [-0.1, -0.05) is 11.3 Å². The first-order chi connectivity index (χ1) is 12.2. The van der Waals surface area contributed by atoms with E-state index in [1.54, 1.807) is 0 Å². The molecule has 0 fully saturated rings. The number of thiazole rings is 1. The number of halogens is 3. The fourth-order valence-electron chi connectivity index (χ4n) is 1.98. The van der Waals surface area contributed by atoms with Gasteiger partial charge in [-0.15, -0.1) is 13.2 Å². The first-order valence-corrected chi connectivity index (χ1v) is 7.71. The van der Waals surface area contributed by atoms with Crippen molar-refractivity contribution >= 4 is 32.6 Å². The van der Waals surface area contributed by atoms with Crippen molar-refractivity contribution < 1.29 is 31.9 Å². The summed E-state index contributed by atoms with van der Waals surface area (Å²) in [5, 5.41) is 2.53. The van der Waals surface area contributed by atoms with E-state index in [0.717, 1.165) is 35.8 Å². The SMILES string of the molecule is COc1coc(C(=O)Nc2nc3ccc(OC(F)(F)F)cc3s2)cc1=O. The highest BCUT2D eigenvalue weighted by Gasteiger charge is 2.31. The fourth-order valence-corrected chi connectivity index (χ4v) is 2.87. The standard InChI is InChI=1S/C15H9F3N2O5S/c1-23-11-6-24-10(5-9(11)21)13(22)20-14-19-8-3-2-7(4-12(8)26-14)25-15(16,17)18/h2-6H,1H3,(H,19,20,22). The third-order valence-electron chi connectivity index (χ3n) is 3.06. The molecule has 1 amide bonds. The molecule has 0 spiro atoms. The molecule has 1 N–H and O–H groups in total. The van der Waals surface area contributed by atoms with E-state index in [4.69, 9.17) is 9.15 Å². The molecule has 3 rings (SSSR count). The van der Waals surface area contributed by atoms with Crippen molar-refractivity contribution in [2.45, 2.75) is 6.36 Å². The normalized spacial score (nSPS) is 11.4. The predicted molar refractivity (Wildman–Crippen MR) is 85.8 cm³/mol. The zero-order valence-corrected chi connectivity index (χ0v) is 13.7. The number of nitrogens with zero attached hydrogens (tertiary/aromatic N) is 1. The lowest BCUT2D eigenvalue weighted by molar-refractivity contribution is -0.274. The van der Waals surface area contributed by atoms with Crippen molar-refractivity contribution in [3.8, 4) is 11.5 Å². The van der Waals surface area contributed by atoms with Gasteiger partial charge in [0.2, 0.25) is 11.2 Å². The summed E-state index contributed by atoms with van der Waals surface area (Å²) in [7, 11) is 1.28. The number of amides is 1. The molecule has 0 aliphatic carbocycles. The Bertz CT molecular complexity index is 1030. The van der Waals surface area contributed by atoms with Crippen LogP contribution in [0.15, 0.2) is 39.7 Å². The average molecular weight is 386 g/mol. The van der Waals surface area contributed by atoms with E-state index < -0.39 is 23.4 Å². The summed E-state index contributed by atoms with van der Waals surface area (Å²) in [4.78, 5) is 27.8. The summed E-state index contributed by atoms with van der Waals surface area (Å²) in [6.07, 6.45) is -3.81. The summed E-state index contributed by atoms with van der Waals surface area (Å²) in [6.45, 7) is 0. The van der Waals surface area contributed by atoms with Gasteiger partial charge in [-0.2, -0.15) is 0 Å². The van der Waals surface area contributed by atoms with Crippen LogP contribution in [0.5, 0.6) is 11.5 Å². The van der Waals surface area contributed by atoms with Crippen LogP contribution in [0.3, 0.4) is 0 Å². The Morgan fingerprint density at radius 2 is 2.08 bits per heavy atom. The molecule has 2 aromatic heterocycles. The van der Waals surface area contributed by atoms with Crippen LogP contribution < -0.4 is 20.2 Å². The quantitative estimate of drug-likeness (QED) is 0.739. The molecule has 0 saturated carbocycles. The van der Waals surface area contributed by atoms with Crippen molar-refractivity contribution in [1.29, 1.82) is 0 Å². The second-order valence-corrected chi connectivity index (χ2v) is 5.86. The predicted octanol–water partition coefficient (Wildman–Crippen LogP) is 3.41. The Hall–Kier alpha value is -3.08. The number of methoxy groups -OCH3 is 1. The van der Waals surface area contributed by atoms with Gasteiger partial charge < -0.3 is 13.9 Å². The number of alkyl halides is 3. The molecule has 136 valence electrons. The highest BCUT2D eigenvalue weighted by Crippen LogP contribution is 2.31. The van der Waals surface area contributed by atoms with E-state index in [9.17, 15) is 22.8 Å². The highest BCUT2D eigenvalue weighted by atomic mass is 32.1. The number of rotatable bonds is 4. The number of anilines is 1. The Balaban J connectivity index is 1.81. The zero-order valence-electron chi connectivity index (χ0n) is 12.9. The summed E-state index contributed by atoms with van der Waals surface area (Å²) in [5.41, 5.74) is -0.168. The van der Waals surface area contributed by atoms with Crippen LogP contribution in [-0.4, -0.2) is 24.4 Å². The van der Waals surface area contributed by atoms with Gasteiger partial charge in [0, 0.05) is 12.1 Å². The minimum absolute atomic E-state index is 0.0567. The van der Waals surface area contributed by atoms with Crippen LogP contribution >= 0.6 is 11.3 Å². The lowest BCUT2D eigenvalue weighted by Gasteiger charge is -2.07. The number of aromatic nitrogens is 1. The number of fused-ring (bicyclic) bond motifs is 1. The van der Waals surface area contributed by atoms with Gasteiger partial charge in [-0.25, -0.2) is 4.98 Å². The number of ether oxygens (including phenoxy) is 2. The van der Waals surface area contributed by atoms with Crippen molar-refractivity contribution in [1.82, 2.24) is 4.98 Å². The molecule has 7 nitrogen and oxygen atoms in total. The van der Waals surface area contributed by atoms with Gasteiger partial charge in [0.15, 0.2) is 10.9 Å². The van der Waals surface area contributed by atoms with Gasteiger partial charge in [0.25, 0.3) is 5.91 Å². The largest absolute Gasteiger partial charge is 0.573 e. The van der Waals surface area contributed by atoms with Gasteiger partial charge in [0.1, 0.15) is 12.0 Å². The van der Waals surface area contributed by atoms with Crippen molar-refractivity contribution in [3.05, 3.63) is 46.5 Å². The smallest absolute Gasteiger partial charge is 0.490 e. The summed E-state index contributed by atoms with van der Waals surface area (Å²) in [5.74, 6) is -1.46. The summed E-state index contributed by atoms with van der Waals surface area (Å²) < 4.78 is 50.7. The van der Waals surface area contributed by atoms with Gasteiger partial charge in [-0.05, 0) is 12.1 Å². The molecule has 0 unspecified atom stereocenters. The van der Waals surface area contributed by atoms with Crippen molar-refractivity contribution in [3.63, 3.8) is 0 Å². The van der Waals surface area contributed by atoms with Crippen LogP contribution in [0, 0.1) is 0 Å². The van der Waals surface area contributed by atoms with E-state index in [-0.39, 0.29) is 16.6 Å². The number of nitrogens with one attached hydrogen (secondary N) is 1. The first-order valence-electron chi connectivity index (χ1n) is 6.90. The monoisotopic (exact) mass is 386 g/mol. The van der Waals surface area contributed by atoms with E-state index >= 15 is 0 Å². The van der Waals surface area contributed by atoms with Crippen LogP contribution in [-0.2, 0) is 0 Å². The van der Waals surface area contributed by atoms with Crippen LogP contribution in [0.1, 0.15) is 10.6 Å². The van der Waals surface area contributed by atoms with Crippen molar-refractivity contribution in [2.24, 2.45) is 0 Å². The Labute approximate surface area is 147 Å². The molecule has 1 aromatic carbocycles. The maximum Gasteiger partial charge on any atom is 0.573 e. The maximum atomic E-state index is 12.3. The topological polar surface area (TPSA) is 90.7 Å². The Kier molecular flexibility index (Phi) is 4.55. The maximum absolute atomic E-state index is 12.3. The molecule has 0 aliphatic rings. The van der Waals surface area contributed by atoms with E-state index in [2.05, 4.69) is 15.0 Å². The number of carbonyl (C=O) groups is 1. The molecule has 26 heavy (non-hydrogen) atoms. The average Bonchev–Trinajstić information content (AvgIpc) is 2.94. The van der Waals surface area contributed by atoms with Crippen LogP contribution in [0.4, 0.5) is 18.3 Å². The molecule has 0 saturated heterocycles. The zero-order chi connectivity index (χ0) is 18.9. The number of hydrogen-bond acceptors (Lipinski definition) is 7. The van der Waals surface area contributed by atoms with Gasteiger partial charge in [0.05, 0.1) is 17.3 Å². The van der Waals surface area contributed by atoms with E-state index in [1.807, 2.05) is 0 Å². The molecular formula is C15H9F3N2O5S. The van der Waals surface area contributed by atoms with Crippen LogP contribution in [0.2, 0.25) is 0 Å². The molecule has 11 heteroatoms. The van der Waals surface area contributed by atoms with Gasteiger partial charge >= 0.3 is 6.36 Å². The summed E-state index contributed by atoms with van der Waals surface area (Å²) in [6, 6.07) is 4.56. The van der Waals surface area contributed by atoms with Gasteiger partial charge in [-0.3, -0.25) is 14.9 Å². The molecule has 0 bridgehead atoms. The highest BCUT2D eigenvalue weighted by molar-refractivity contribution is 7.22. The lowest BCUT2D eigenvalue weighted by Crippen LogP contribution is -2.16. The number of hydrogen-bond donors (Lipinski definition) is 1. The second-order valence-electron chi connectivity index (χ2n) is 4.83. The summed E-state index contributed by atoms with van der Waals surface area (Å²) >= 11 is 0.937. The molecule has 3 aromatic rings. The molecular weight excluding hydrogens is 377 g/mol. The fraction of sp³-hybridized carbons (Fsp3) is 0.133. The van der Waals surface area contributed by atoms with E-state index in [0.29, 0.717) is 10.2 Å². The molecule has 0 radical (unpaired) electrons. The van der Waals surface area contributed by atoms with E-state index in [1.165, 1.54) is 13.2 Å². The molecule has 2 heterocycles. The first kappa shape index (κ1) is 17.7. The minimum atomic E-state index is -4.80. The molecule has 0 atom stereocenters. The lowest BCUT2D eigenvalue weighted by atomic mass is 10.3. The number of benzene rings is 1. The minimum Gasteiger partial charge on any atom is -0.490 e. The third-order valence-corrected chi connectivity index (χ3v) is 3.99.